The van der Waals surface area contributed by atoms with E-state index in [2.05, 4.69) is 10.6 Å². The van der Waals surface area contributed by atoms with Crippen LogP contribution in [-0.2, 0) is 9.59 Å². The zero-order chi connectivity index (χ0) is 17.9. The van der Waals surface area contributed by atoms with Gasteiger partial charge < -0.3 is 21.3 Å². The highest BCUT2D eigenvalue weighted by Gasteiger charge is 2.38. The number of para-hydroxylation sites is 1. The molecule has 7 heteroatoms. The van der Waals surface area contributed by atoms with Gasteiger partial charge in [-0.05, 0) is 18.6 Å². The van der Waals surface area contributed by atoms with Gasteiger partial charge in [-0.25, -0.2) is 0 Å². The monoisotopic (exact) mass is 332 g/mol. The van der Waals surface area contributed by atoms with Crippen molar-refractivity contribution in [1.29, 1.82) is 0 Å². The zero-order valence-electron chi connectivity index (χ0n) is 14.2. The predicted molar refractivity (Wildman–Crippen MR) is 91.4 cm³/mol. The van der Waals surface area contributed by atoms with Crippen LogP contribution in [0.2, 0.25) is 0 Å². The molecule has 1 saturated heterocycles. The van der Waals surface area contributed by atoms with Gasteiger partial charge in [0.25, 0.3) is 5.91 Å². The molecule has 24 heavy (non-hydrogen) atoms. The second kappa shape index (κ2) is 7.44. The number of hydrogen-bond acceptors (Lipinski definition) is 4. The topological polar surface area (TPSA) is 105 Å². The van der Waals surface area contributed by atoms with Crippen LogP contribution >= 0.6 is 0 Å². The molecule has 3 amide bonds. The number of benzene rings is 1. The number of hydrogen-bond donors (Lipinski definition) is 3. The summed E-state index contributed by atoms with van der Waals surface area (Å²) < 4.78 is 0. The Labute approximate surface area is 141 Å². The van der Waals surface area contributed by atoms with Gasteiger partial charge in [-0.3, -0.25) is 14.4 Å². The summed E-state index contributed by atoms with van der Waals surface area (Å²) in [5.41, 5.74) is 6.74. The second-order valence-electron chi connectivity index (χ2n) is 6.27. The molecule has 1 aliphatic rings. The van der Waals surface area contributed by atoms with Crippen LogP contribution in [0.3, 0.4) is 0 Å². The van der Waals surface area contributed by atoms with E-state index in [1.807, 2.05) is 0 Å². The van der Waals surface area contributed by atoms with E-state index in [0.29, 0.717) is 24.2 Å². The van der Waals surface area contributed by atoms with Gasteiger partial charge in [0, 0.05) is 25.6 Å². The van der Waals surface area contributed by atoms with Crippen LogP contribution in [0.5, 0.6) is 0 Å². The number of rotatable bonds is 4. The molecule has 4 N–H and O–H groups in total. The minimum atomic E-state index is -0.591. The van der Waals surface area contributed by atoms with E-state index < -0.39 is 6.04 Å². The van der Waals surface area contributed by atoms with Crippen molar-refractivity contribution in [2.24, 2.45) is 11.7 Å². The third-order valence-electron chi connectivity index (χ3n) is 4.08. The average molecular weight is 332 g/mol. The third-order valence-corrected chi connectivity index (χ3v) is 4.08. The molecule has 130 valence electrons. The quantitative estimate of drug-likeness (QED) is 0.749. The van der Waals surface area contributed by atoms with Crippen molar-refractivity contribution in [2.45, 2.75) is 32.4 Å². The van der Waals surface area contributed by atoms with Gasteiger partial charge >= 0.3 is 0 Å². The maximum absolute atomic E-state index is 12.9. The van der Waals surface area contributed by atoms with Gasteiger partial charge in [-0.2, -0.15) is 0 Å². The molecule has 0 aliphatic carbocycles. The number of carbonyl (C=O) groups is 3. The zero-order valence-corrected chi connectivity index (χ0v) is 14.2. The maximum Gasteiger partial charge on any atom is 0.256 e. The van der Waals surface area contributed by atoms with Crippen LogP contribution in [0.1, 0.15) is 30.6 Å². The third kappa shape index (κ3) is 3.73. The summed E-state index contributed by atoms with van der Waals surface area (Å²) in [5.74, 6) is -0.917. The lowest BCUT2D eigenvalue weighted by Gasteiger charge is -2.24. The number of carbonyl (C=O) groups excluding carboxylic acids is 3. The number of nitrogens with two attached hydrogens (primary N) is 1. The van der Waals surface area contributed by atoms with Gasteiger partial charge in [-0.15, -0.1) is 0 Å². The van der Waals surface area contributed by atoms with Crippen molar-refractivity contribution in [2.75, 3.05) is 18.9 Å². The van der Waals surface area contributed by atoms with Crippen molar-refractivity contribution < 1.29 is 14.4 Å². The molecular weight excluding hydrogens is 308 g/mol. The van der Waals surface area contributed by atoms with E-state index in [1.54, 1.807) is 38.1 Å². The van der Waals surface area contributed by atoms with E-state index in [9.17, 15) is 14.4 Å². The Kier molecular flexibility index (Phi) is 5.56. The molecule has 0 radical (unpaired) electrons. The van der Waals surface area contributed by atoms with Gasteiger partial charge in [0.1, 0.15) is 6.04 Å². The largest absolute Gasteiger partial charge is 0.357 e. The summed E-state index contributed by atoms with van der Waals surface area (Å²) in [6.45, 7) is 3.87. The highest BCUT2D eigenvalue weighted by atomic mass is 16.2. The Morgan fingerprint density at radius 1 is 1.25 bits per heavy atom. The highest BCUT2D eigenvalue weighted by molar-refractivity contribution is 6.05. The molecule has 2 atom stereocenters. The van der Waals surface area contributed by atoms with Crippen LogP contribution in [0.4, 0.5) is 5.69 Å². The molecule has 1 heterocycles. The van der Waals surface area contributed by atoms with Crippen LogP contribution < -0.4 is 16.4 Å². The summed E-state index contributed by atoms with van der Waals surface area (Å²) in [5, 5.41) is 5.33. The van der Waals surface area contributed by atoms with E-state index in [1.165, 1.54) is 11.9 Å². The first-order valence-electron chi connectivity index (χ1n) is 8.03. The van der Waals surface area contributed by atoms with Gasteiger partial charge in [0.05, 0.1) is 11.3 Å². The summed E-state index contributed by atoms with van der Waals surface area (Å²) in [7, 11) is 1.53. The summed E-state index contributed by atoms with van der Waals surface area (Å²) in [6, 6.07) is 5.96. The lowest BCUT2D eigenvalue weighted by atomic mass is 10.1. The van der Waals surface area contributed by atoms with E-state index in [0.717, 1.165) is 0 Å². The molecule has 1 aliphatic heterocycles. The average Bonchev–Trinajstić information content (AvgIpc) is 2.95. The van der Waals surface area contributed by atoms with Crippen molar-refractivity contribution in [3.05, 3.63) is 29.8 Å². The molecule has 0 bridgehead atoms. The lowest BCUT2D eigenvalue weighted by molar-refractivity contribution is -0.124. The van der Waals surface area contributed by atoms with Crippen LogP contribution in [-0.4, -0.2) is 48.3 Å². The van der Waals surface area contributed by atoms with Gasteiger partial charge in [0.15, 0.2) is 0 Å². The van der Waals surface area contributed by atoms with Crippen LogP contribution in [0.25, 0.3) is 0 Å². The predicted octanol–water partition coefficient (Wildman–Crippen LogP) is 0.569. The van der Waals surface area contributed by atoms with Crippen molar-refractivity contribution in [3.63, 3.8) is 0 Å². The summed E-state index contributed by atoms with van der Waals surface area (Å²) in [6.07, 6.45) is 0.423. The molecule has 1 aromatic carbocycles. The molecule has 0 aromatic heterocycles. The Balaban J connectivity index is 2.29. The molecule has 7 nitrogen and oxygen atoms in total. The number of anilines is 1. The Morgan fingerprint density at radius 2 is 1.92 bits per heavy atom. The SMILES string of the molecule is CNC(=O)[C@@H]1C[C@@H](N)CN1C(=O)c1ccccc1NC(=O)C(C)C. The fourth-order valence-electron chi connectivity index (χ4n) is 2.72. The molecule has 0 unspecified atom stereocenters. The molecule has 0 saturated carbocycles. The fourth-order valence-corrected chi connectivity index (χ4v) is 2.72. The minimum Gasteiger partial charge on any atom is -0.357 e. The van der Waals surface area contributed by atoms with E-state index in [4.69, 9.17) is 5.73 Å². The Bertz CT molecular complexity index is 644. The van der Waals surface area contributed by atoms with Crippen molar-refractivity contribution in [3.8, 4) is 0 Å². The Hall–Kier alpha value is -2.41. The number of likely N-dealkylation sites (N-methyl/N-ethyl adjacent to an activating group) is 1. The van der Waals surface area contributed by atoms with Gasteiger partial charge in [-0.1, -0.05) is 26.0 Å². The molecule has 1 aromatic rings. The summed E-state index contributed by atoms with van der Waals surface area (Å²) >= 11 is 0. The van der Waals surface area contributed by atoms with E-state index in [-0.39, 0.29) is 29.7 Å². The molecular formula is C17H24N4O3. The Morgan fingerprint density at radius 3 is 2.54 bits per heavy atom. The van der Waals surface area contributed by atoms with Gasteiger partial charge in [0.2, 0.25) is 11.8 Å². The number of likely N-dealkylation sites (tertiary alicyclic amines) is 1. The fraction of sp³-hybridized carbons (Fsp3) is 0.471. The maximum atomic E-state index is 12.9. The molecule has 2 rings (SSSR count). The molecule has 1 fully saturated rings. The van der Waals surface area contributed by atoms with Crippen LogP contribution in [0, 0.1) is 5.92 Å². The standard InChI is InChI=1S/C17H24N4O3/c1-10(2)15(22)20-13-7-5-4-6-12(13)17(24)21-9-11(18)8-14(21)16(23)19-3/h4-7,10-11,14H,8-9,18H2,1-3H3,(H,19,23)(H,20,22)/t11-,14+/m1/s1. The number of nitrogens with zero attached hydrogens (tertiary/aromatic N) is 1. The lowest BCUT2D eigenvalue weighted by Crippen LogP contribution is -2.45. The first kappa shape index (κ1) is 17.9. The number of nitrogens with one attached hydrogen (secondary N) is 2. The van der Waals surface area contributed by atoms with Crippen molar-refractivity contribution >= 4 is 23.4 Å². The first-order valence-corrected chi connectivity index (χ1v) is 8.03. The summed E-state index contributed by atoms with van der Waals surface area (Å²) in [4.78, 5) is 38.4. The highest BCUT2D eigenvalue weighted by Crippen LogP contribution is 2.24. The van der Waals surface area contributed by atoms with Crippen molar-refractivity contribution in [1.82, 2.24) is 10.2 Å². The smallest absolute Gasteiger partial charge is 0.256 e. The first-order chi connectivity index (χ1) is 11.3. The normalized spacial score (nSPS) is 20.1. The second-order valence-corrected chi connectivity index (χ2v) is 6.27. The minimum absolute atomic E-state index is 0.170. The molecule has 0 spiro atoms. The van der Waals surface area contributed by atoms with E-state index >= 15 is 0 Å². The van der Waals surface area contributed by atoms with Crippen LogP contribution in [0.15, 0.2) is 24.3 Å². The number of amides is 3.